The van der Waals surface area contributed by atoms with Gasteiger partial charge in [-0.1, -0.05) is 0 Å². The Morgan fingerprint density at radius 1 is 1.12 bits per heavy atom. The first-order valence-corrected chi connectivity index (χ1v) is 12.3. The smallest absolute Gasteiger partial charge is 0.282 e. The van der Waals surface area contributed by atoms with Crippen molar-refractivity contribution in [2.45, 2.75) is 32.8 Å². The summed E-state index contributed by atoms with van der Waals surface area (Å²) in [5.41, 5.74) is 2.45. The molecule has 0 radical (unpaired) electrons. The van der Waals surface area contributed by atoms with E-state index in [0.717, 1.165) is 5.69 Å². The molecule has 13 heteroatoms. The molecule has 202 valence electrons. The number of fused-ring (bicyclic) bond motifs is 1. The van der Waals surface area contributed by atoms with Crippen molar-refractivity contribution in [1.29, 1.82) is 5.26 Å². The second-order valence-electron chi connectivity index (χ2n) is 9.76. The van der Waals surface area contributed by atoms with Gasteiger partial charge in [-0.05, 0) is 57.2 Å². The number of hydrogen-bond donors (Lipinski definition) is 1. The highest BCUT2D eigenvalue weighted by Crippen LogP contribution is 2.37. The molecule has 4 aromatic heterocycles. The summed E-state index contributed by atoms with van der Waals surface area (Å²) in [5, 5.41) is 25.2. The van der Waals surface area contributed by atoms with Crippen LogP contribution in [0, 0.1) is 25.2 Å². The average molecular weight is 544 g/mol. The summed E-state index contributed by atoms with van der Waals surface area (Å²) in [7, 11) is 0. The zero-order valence-electron chi connectivity index (χ0n) is 21.8. The highest BCUT2D eigenvalue weighted by atomic mass is 19.3. The lowest BCUT2D eigenvalue weighted by atomic mass is 10.1. The van der Waals surface area contributed by atoms with Crippen LogP contribution in [0.2, 0.25) is 0 Å². The first kappa shape index (κ1) is 25.3. The topological polar surface area (TPSA) is 129 Å². The number of aryl methyl sites for hydroxylation is 2. The number of imidazole rings is 1. The highest BCUT2D eigenvalue weighted by Gasteiger charge is 2.36. The number of ether oxygens (including phenoxy) is 2. The third kappa shape index (κ3) is 4.58. The molecule has 40 heavy (non-hydrogen) atoms. The minimum Gasteiger partial charge on any atom is -0.480 e. The monoisotopic (exact) mass is 543 g/mol. The van der Waals surface area contributed by atoms with Crippen LogP contribution in [0.15, 0.2) is 48.8 Å². The van der Waals surface area contributed by atoms with E-state index in [0.29, 0.717) is 53.0 Å². The number of nitrogens with one attached hydrogen (secondary N) is 1. The molecular weight excluding hydrogens is 520 g/mol. The first-order chi connectivity index (χ1) is 19.2. The van der Waals surface area contributed by atoms with Gasteiger partial charge in [0.25, 0.3) is 6.43 Å². The number of aromatic nitrogens is 7. The van der Waals surface area contributed by atoms with Gasteiger partial charge >= 0.3 is 0 Å². The summed E-state index contributed by atoms with van der Waals surface area (Å²) >= 11 is 0. The lowest BCUT2D eigenvalue weighted by Gasteiger charge is -2.38. The maximum Gasteiger partial charge on any atom is 0.282 e. The molecule has 1 fully saturated rings. The van der Waals surface area contributed by atoms with Crippen molar-refractivity contribution in [3.8, 4) is 23.5 Å². The summed E-state index contributed by atoms with van der Waals surface area (Å²) in [4.78, 5) is 9.18. The fraction of sp³-hybridized carbons (Fsp3) is 0.259. The fourth-order valence-electron chi connectivity index (χ4n) is 4.36. The molecule has 0 unspecified atom stereocenters. The average Bonchev–Trinajstić information content (AvgIpc) is 3.52. The molecule has 0 aliphatic carbocycles. The number of pyridine rings is 1. The van der Waals surface area contributed by atoms with Crippen LogP contribution < -0.4 is 10.1 Å². The molecule has 0 bridgehead atoms. The van der Waals surface area contributed by atoms with E-state index < -0.39 is 17.7 Å². The normalized spacial score (nSPS) is 14.2. The second kappa shape index (κ2) is 9.65. The third-order valence-electron chi connectivity index (χ3n) is 6.44. The molecule has 11 nitrogen and oxygen atoms in total. The Labute approximate surface area is 227 Å². The lowest BCUT2D eigenvalue weighted by molar-refractivity contribution is -0.149. The van der Waals surface area contributed by atoms with Crippen LogP contribution in [-0.4, -0.2) is 53.3 Å². The molecule has 1 aliphatic heterocycles. The number of nitriles is 1. The zero-order valence-corrected chi connectivity index (χ0v) is 21.8. The van der Waals surface area contributed by atoms with Crippen LogP contribution in [0.3, 0.4) is 0 Å². The van der Waals surface area contributed by atoms with E-state index in [2.05, 4.69) is 36.7 Å². The van der Waals surface area contributed by atoms with Crippen LogP contribution in [0.1, 0.15) is 36.0 Å². The number of nitrogens with zero attached hydrogens (tertiary/aromatic N) is 8. The zero-order chi connectivity index (χ0) is 28.0. The predicted molar refractivity (Wildman–Crippen MR) is 140 cm³/mol. The van der Waals surface area contributed by atoms with Crippen molar-refractivity contribution in [3.05, 3.63) is 71.4 Å². The molecule has 0 spiro atoms. The highest BCUT2D eigenvalue weighted by molar-refractivity contribution is 5.86. The molecule has 0 atom stereocenters. The Bertz CT molecular complexity index is 1770. The molecule has 1 aromatic carbocycles. The van der Waals surface area contributed by atoms with Gasteiger partial charge in [0, 0.05) is 11.8 Å². The van der Waals surface area contributed by atoms with Crippen LogP contribution in [-0.2, 0) is 4.74 Å². The number of halogens is 2. The Balaban J connectivity index is 1.45. The van der Waals surface area contributed by atoms with E-state index in [1.54, 1.807) is 30.0 Å². The Kier molecular flexibility index (Phi) is 6.11. The van der Waals surface area contributed by atoms with E-state index in [-0.39, 0.29) is 11.4 Å². The molecule has 0 saturated carbocycles. The lowest BCUT2D eigenvalue weighted by Crippen LogP contribution is -2.51. The van der Waals surface area contributed by atoms with Crippen molar-refractivity contribution in [1.82, 2.24) is 34.5 Å². The van der Waals surface area contributed by atoms with E-state index in [4.69, 9.17) is 9.47 Å². The Hall–Kier alpha value is -4.96. The van der Waals surface area contributed by atoms with Crippen molar-refractivity contribution in [3.63, 3.8) is 0 Å². The SMILES string of the molecule is Cc1ccc(Nc2cc3ncn(-c4ccc(C#N)c(-n5nc(C(F)F)cc5C)n4)c3cc2OC2(C)COC2)nn1. The van der Waals surface area contributed by atoms with Gasteiger partial charge in [0.05, 0.1) is 41.2 Å². The summed E-state index contributed by atoms with van der Waals surface area (Å²) < 4.78 is 41.3. The fourth-order valence-corrected chi connectivity index (χ4v) is 4.36. The molecule has 5 aromatic rings. The third-order valence-corrected chi connectivity index (χ3v) is 6.44. The van der Waals surface area contributed by atoms with Crippen molar-refractivity contribution < 1.29 is 18.3 Å². The summed E-state index contributed by atoms with van der Waals surface area (Å²) in [6, 6.07) is 13.9. The predicted octanol–water partition coefficient (Wildman–Crippen LogP) is 4.73. The van der Waals surface area contributed by atoms with Crippen LogP contribution in [0.25, 0.3) is 22.7 Å². The van der Waals surface area contributed by atoms with Gasteiger partial charge < -0.3 is 14.8 Å². The number of hydrogen-bond acceptors (Lipinski definition) is 9. The molecular formula is C27H23F2N9O2. The maximum atomic E-state index is 13.3. The minimum absolute atomic E-state index is 0.137. The molecule has 0 amide bonds. The van der Waals surface area contributed by atoms with Gasteiger partial charge in [0.2, 0.25) is 0 Å². The standard InChI is InChI=1S/C27H23F2N9O2/c1-15-4-6-23(35-34-15)32-19-9-18-21(10-22(19)40-27(3)12-39-13-27)37(14-31-18)24-7-5-17(11-30)26(33-24)38-16(2)8-20(36-38)25(28)29/h4-10,14,25H,12-13H2,1-3H3,(H,32,35). The van der Waals surface area contributed by atoms with Gasteiger partial charge in [0.1, 0.15) is 29.7 Å². The number of rotatable bonds is 7. The Morgan fingerprint density at radius 3 is 2.60 bits per heavy atom. The molecule has 1 saturated heterocycles. The molecule has 6 rings (SSSR count). The van der Waals surface area contributed by atoms with E-state index >= 15 is 0 Å². The van der Waals surface area contributed by atoms with Gasteiger partial charge in [-0.15, -0.1) is 5.10 Å². The summed E-state index contributed by atoms with van der Waals surface area (Å²) in [6.07, 6.45) is -1.15. The number of anilines is 2. The molecule has 1 aliphatic rings. The largest absolute Gasteiger partial charge is 0.480 e. The maximum absolute atomic E-state index is 13.3. The van der Waals surface area contributed by atoms with Crippen LogP contribution in [0.5, 0.6) is 5.75 Å². The Morgan fingerprint density at radius 2 is 1.95 bits per heavy atom. The van der Waals surface area contributed by atoms with Crippen molar-refractivity contribution in [2.24, 2.45) is 0 Å². The van der Waals surface area contributed by atoms with E-state index in [9.17, 15) is 14.0 Å². The summed E-state index contributed by atoms with van der Waals surface area (Å²) in [6.45, 7) is 6.33. The van der Waals surface area contributed by atoms with E-state index in [1.807, 2.05) is 38.1 Å². The second-order valence-corrected chi connectivity index (χ2v) is 9.76. The van der Waals surface area contributed by atoms with Crippen LogP contribution in [0.4, 0.5) is 20.3 Å². The van der Waals surface area contributed by atoms with Gasteiger partial charge in [-0.3, -0.25) is 4.57 Å². The minimum atomic E-state index is -2.75. The van der Waals surface area contributed by atoms with Gasteiger partial charge in [-0.25, -0.2) is 23.4 Å². The van der Waals surface area contributed by atoms with Crippen molar-refractivity contribution in [2.75, 3.05) is 18.5 Å². The molecule has 5 heterocycles. The van der Waals surface area contributed by atoms with Gasteiger partial charge in [-0.2, -0.15) is 15.5 Å². The number of alkyl halides is 2. The first-order valence-electron chi connectivity index (χ1n) is 12.3. The summed E-state index contributed by atoms with van der Waals surface area (Å²) in [5.74, 6) is 1.64. The number of benzene rings is 1. The quantitative estimate of drug-likeness (QED) is 0.310. The van der Waals surface area contributed by atoms with Crippen molar-refractivity contribution >= 4 is 22.5 Å². The van der Waals surface area contributed by atoms with E-state index in [1.165, 1.54) is 10.7 Å². The van der Waals surface area contributed by atoms with Crippen LogP contribution >= 0.6 is 0 Å². The van der Waals surface area contributed by atoms with Gasteiger partial charge in [0.15, 0.2) is 17.2 Å². The molecule has 1 N–H and O–H groups in total.